The molecule has 0 bridgehead atoms. The number of rotatable bonds is 2. The summed E-state index contributed by atoms with van der Waals surface area (Å²) in [6.07, 6.45) is 4.94. The molecule has 2 rings (SSSR count). The molecule has 2 heteroatoms. The third-order valence-corrected chi connectivity index (χ3v) is 6.01. The summed E-state index contributed by atoms with van der Waals surface area (Å²) < 4.78 is 5.92. The van der Waals surface area contributed by atoms with Gasteiger partial charge in [-0.2, -0.15) is 0 Å². The molecule has 1 aromatic rings. The van der Waals surface area contributed by atoms with Crippen molar-refractivity contribution in [2.45, 2.75) is 32.7 Å². The maximum atomic E-state index is 5.92. The molecule has 86 valence electrons. The van der Waals surface area contributed by atoms with Crippen LogP contribution in [0.2, 0.25) is 6.04 Å². The Hall–Kier alpha value is -0.863. The fourth-order valence-corrected chi connectivity index (χ4v) is 4.55. The molecule has 0 aliphatic carbocycles. The van der Waals surface area contributed by atoms with E-state index < -0.39 is 9.04 Å². The average Bonchev–Trinajstić information content (AvgIpc) is 2.33. The fourth-order valence-electron chi connectivity index (χ4n) is 2.19. The van der Waals surface area contributed by atoms with Crippen molar-refractivity contribution in [1.29, 1.82) is 0 Å². The van der Waals surface area contributed by atoms with Gasteiger partial charge in [0.25, 0.3) is 0 Å². The molecule has 1 saturated heterocycles. The van der Waals surface area contributed by atoms with Crippen LogP contribution in [0.5, 0.6) is 0 Å². The van der Waals surface area contributed by atoms with Gasteiger partial charge < -0.3 is 4.43 Å². The average molecular weight is 232 g/mol. The van der Waals surface area contributed by atoms with Crippen molar-refractivity contribution in [2.75, 3.05) is 6.61 Å². The van der Waals surface area contributed by atoms with Crippen LogP contribution in [0.4, 0.5) is 0 Å². The van der Waals surface area contributed by atoms with Crippen molar-refractivity contribution in [2.24, 2.45) is 0 Å². The highest BCUT2D eigenvalue weighted by Crippen LogP contribution is 2.20. The van der Waals surface area contributed by atoms with Crippen molar-refractivity contribution in [3.63, 3.8) is 0 Å². The summed E-state index contributed by atoms with van der Waals surface area (Å²) in [7, 11) is -1.05. The number of benzene rings is 1. The molecule has 1 fully saturated rings. The Kier molecular flexibility index (Phi) is 3.96. The molecule has 0 spiro atoms. The molecule has 0 amide bonds. The largest absolute Gasteiger partial charge is 0.416 e. The summed E-state index contributed by atoms with van der Waals surface area (Å²) in [4.78, 5) is 0. The monoisotopic (exact) mass is 232 g/mol. The van der Waals surface area contributed by atoms with Gasteiger partial charge in [0.05, 0.1) is 0 Å². The quantitative estimate of drug-likeness (QED) is 0.709. The summed E-state index contributed by atoms with van der Waals surface area (Å²) in [6, 6.07) is 9.87. The van der Waals surface area contributed by atoms with E-state index in [1.54, 1.807) is 0 Å². The van der Waals surface area contributed by atoms with Gasteiger partial charge in [-0.15, -0.1) is 0 Å². The first kappa shape index (κ1) is 11.6. The van der Waals surface area contributed by atoms with Crippen LogP contribution in [0, 0.1) is 6.92 Å². The van der Waals surface area contributed by atoms with Crippen molar-refractivity contribution >= 4 is 15.1 Å². The van der Waals surface area contributed by atoms with Crippen molar-refractivity contribution in [1.82, 2.24) is 0 Å². The van der Waals surface area contributed by atoms with Gasteiger partial charge in [0.1, 0.15) is 0 Å². The minimum atomic E-state index is -1.05. The lowest BCUT2D eigenvalue weighted by Gasteiger charge is -2.22. The van der Waals surface area contributed by atoms with Crippen LogP contribution in [0.1, 0.15) is 30.9 Å². The topological polar surface area (TPSA) is 9.23 Å². The molecule has 16 heavy (non-hydrogen) atoms. The third-order valence-electron chi connectivity index (χ3n) is 3.26. The van der Waals surface area contributed by atoms with Crippen LogP contribution in [0.25, 0.3) is 6.08 Å². The van der Waals surface area contributed by atoms with Crippen LogP contribution >= 0.6 is 0 Å². The van der Waals surface area contributed by atoms with E-state index in [1.807, 2.05) is 0 Å². The second-order valence-electron chi connectivity index (χ2n) is 4.60. The molecule has 1 unspecified atom stereocenters. The van der Waals surface area contributed by atoms with Gasteiger partial charge in [-0.3, -0.25) is 0 Å². The normalized spacial score (nSPS) is 22.1. The lowest BCUT2D eigenvalue weighted by atomic mass is 10.1. The second kappa shape index (κ2) is 5.46. The van der Waals surface area contributed by atoms with E-state index in [4.69, 9.17) is 4.43 Å². The smallest absolute Gasteiger partial charge is 0.204 e. The lowest BCUT2D eigenvalue weighted by molar-refractivity contribution is 0.292. The van der Waals surface area contributed by atoms with Gasteiger partial charge in [0.15, 0.2) is 0 Å². The molecular formula is C14H20OSi. The molecule has 1 heterocycles. The SMILES string of the molecule is CC(=Cc1ccccc1C)[SiH]1CCCCO1. The first-order valence-corrected chi connectivity index (χ1v) is 7.99. The number of hydrogen-bond acceptors (Lipinski definition) is 1. The van der Waals surface area contributed by atoms with Crippen LogP contribution in [0.3, 0.4) is 0 Å². The van der Waals surface area contributed by atoms with Gasteiger partial charge in [-0.25, -0.2) is 0 Å². The maximum absolute atomic E-state index is 5.92. The zero-order valence-electron chi connectivity index (χ0n) is 10.2. The summed E-state index contributed by atoms with van der Waals surface area (Å²) in [5.74, 6) is 0. The Labute approximate surface area is 99.9 Å². The summed E-state index contributed by atoms with van der Waals surface area (Å²) in [5, 5.41) is 1.49. The predicted molar refractivity (Wildman–Crippen MR) is 72.0 cm³/mol. The van der Waals surface area contributed by atoms with Gasteiger partial charge in [0, 0.05) is 6.61 Å². The molecule has 1 atom stereocenters. The molecule has 1 nitrogen and oxygen atoms in total. The molecule has 0 radical (unpaired) electrons. The zero-order chi connectivity index (χ0) is 11.4. The molecule has 0 aromatic heterocycles. The van der Waals surface area contributed by atoms with Crippen molar-refractivity contribution in [3.05, 3.63) is 40.6 Å². The Morgan fingerprint density at radius 3 is 2.81 bits per heavy atom. The Bertz CT molecular complexity index is 378. The zero-order valence-corrected chi connectivity index (χ0v) is 11.4. The highest BCUT2D eigenvalue weighted by molar-refractivity contribution is 6.61. The number of aryl methyl sites for hydroxylation is 1. The van der Waals surface area contributed by atoms with Crippen LogP contribution in [-0.2, 0) is 4.43 Å². The van der Waals surface area contributed by atoms with Gasteiger partial charge >= 0.3 is 0 Å². The van der Waals surface area contributed by atoms with Crippen LogP contribution in [-0.4, -0.2) is 15.6 Å². The van der Waals surface area contributed by atoms with Crippen molar-refractivity contribution in [3.8, 4) is 0 Å². The standard InChI is InChI=1S/C14H20OSi/c1-12-7-3-4-8-14(12)11-13(2)16-10-6-5-9-15-16/h3-4,7-8,11,16H,5-6,9-10H2,1-2H3. The minimum Gasteiger partial charge on any atom is -0.416 e. The Morgan fingerprint density at radius 1 is 1.31 bits per heavy atom. The highest BCUT2D eigenvalue weighted by Gasteiger charge is 2.17. The van der Waals surface area contributed by atoms with E-state index >= 15 is 0 Å². The predicted octanol–water partition coefficient (Wildman–Crippen LogP) is 3.47. The van der Waals surface area contributed by atoms with Crippen LogP contribution < -0.4 is 0 Å². The number of hydrogen-bond donors (Lipinski definition) is 0. The van der Waals surface area contributed by atoms with Gasteiger partial charge in [0.2, 0.25) is 9.04 Å². The third kappa shape index (κ3) is 2.83. The van der Waals surface area contributed by atoms with Crippen LogP contribution in [0.15, 0.2) is 29.5 Å². The Balaban J connectivity index is 2.13. The van der Waals surface area contributed by atoms with E-state index in [9.17, 15) is 0 Å². The van der Waals surface area contributed by atoms with Crippen molar-refractivity contribution < 1.29 is 4.43 Å². The first-order chi connectivity index (χ1) is 7.77. The Morgan fingerprint density at radius 2 is 2.12 bits per heavy atom. The molecule has 1 aromatic carbocycles. The summed E-state index contributed by atoms with van der Waals surface area (Å²) in [6.45, 7) is 5.40. The van der Waals surface area contributed by atoms with E-state index in [-0.39, 0.29) is 0 Å². The minimum absolute atomic E-state index is 0.982. The molecule has 1 aliphatic rings. The molecule has 0 saturated carbocycles. The fraction of sp³-hybridized carbons (Fsp3) is 0.429. The summed E-state index contributed by atoms with van der Waals surface area (Å²) >= 11 is 0. The maximum Gasteiger partial charge on any atom is 0.204 e. The second-order valence-corrected chi connectivity index (χ2v) is 7.40. The first-order valence-electron chi connectivity index (χ1n) is 6.13. The van der Waals surface area contributed by atoms with E-state index in [1.165, 1.54) is 35.2 Å². The molecule has 0 N–H and O–H groups in total. The van der Waals surface area contributed by atoms with E-state index in [2.05, 4.69) is 44.2 Å². The van der Waals surface area contributed by atoms with E-state index in [0.29, 0.717) is 0 Å². The van der Waals surface area contributed by atoms with Gasteiger partial charge in [-0.1, -0.05) is 42.0 Å². The molecule has 1 aliphatic heterocycles. The van der Waals surface area contributed by atoms with Gasteiger partial charge in [-0.05, 0) is 37.4 Å². The lowest BCUT2D eigenvalue weighted by Crippen LogP contribution is -2.24. The van der Waals surface area contributed by atoms with E-state index in [0.717, 1.165) is 6.61 Å². The molecular weight excluding hydrogens is 212 g/mol. The highest BCUT2D eigenvalue weighted by atomic mass is 28.3. The number of allylic oxidation sites excluding steroid dienone is 1. The summed E-state index contributed by atoms with van der Waals surface area (Å²) in [5.41, 5.74) is 2.70.